The van der Waals surface area contributed by atoms with Gasteiger partial charge < -0.3 is 10.1 Å². The maximum absolute atomic E-state index is 13.4. The molecule has 0 fully saturated rings. The second-order valence-electron chi connectivity index (χ2n) is 4.68. The molecule has 110 valence electrons. The molecule has 1 N–H and O–H groups in total. The van der Waals surface area contributed by atoms with Gasteiger partial charge in [-0.05, 0) is 30.3 Å². The molecule has 1 aromatic heterocycles. The third-order valence-corrected chi connectivity index (χ3v) is 3.29. The number of halogens is 1. The van der Waals surface area contributed by atoms with Crippen LogP contribution in [0.4, 0.5) is 10.1 Å². The highest BCUT2D eigenvalue weighted by Gasteiger charge is 2.15. The van der Waals surface area contributed by atoms with Gasteiger partial charge in [0, 0.05) is 11.6 Å². The molecule has 0 aliphatic rings. The summed E-state index contributed by atoms with van der Waals surface area (Å²) >= 11 is 0. The van der Waals surface area contributed by atoms with Gasteiger partial charge in [0.2, 0.25) is 0 Å². The van der Waals surface area contributed by atoms with Gasteiger partial charge in [-0.1, -0.05) is 18.2 Å². The molecule has 0 saturated heterocycles. The molecule has 0 aliphatic carbocycles. The number of carbonyl (C=O) groups excluding carboxylic acids is 1. The van der Waals surface area contributed by atoms with E-state index in [-0.39, 0.29) is 5.56 Å². The van der Waals surface area contributed by atoms with E-state index >= 15 is 0 Å². The molecular formula is C17H13FN2O2. The number of benzene rings is 2. The van der Waals surface area contributed by atoms with Gasteiger partial charge in [-0.3, -0.25) is 9.78 Å². The number of para-hydroxylation sites is 1. The Balaban J connectivity index is 1.99. The van der Waals surface area contributed by atoms with Crippen LogP contribution in [-0.2, 0) is 0 Å². The van der Waals surface area contributed by atoms with E-state index in [4.69, 9.17) is 4.74 Å². The summed E-state index contributed by atoms with van der Waals surface area (Å²) < 4.78 is 18.5. The number of carbonyl (C=O) groups is 1. The molecule has 0 bridgehead atoms. The van der Waals surface area contributed by atoms with Crippen LogP contribution in [0.15, 0.2) is 54.7 Å². The van der Waals surface area contributed by atoms with Crippen molar-refractivity contribution in [2.45, 2.75) is 0 Å². The summed E-state index contributed by atoms with van der Waals surface area (Å²) in [6.07, 6.45) is 1.65. The van der Waals surface area contributed by atoms with Gasteiger partial charge in [-0.15, -0.1) is 0 Å². The molecule has 0 unspecified atom stereocenters. The zero-order valence-corrected chi connectivity index (χ0v) is 11.8. The minimum absolute atomic E-state index is 0.135. The molecule has 1 heterocycles. The summed E-state index contributed by atoms with van der Waals surface area (Å²) in [5.41, 5.74) is 1.37. The smallest absolute Gasteiger partial charge is 0.259 e. The van der Waals surface area contributed by atoms with Crippen molar-refractivity contribution in [2.24, 2.45) is 0 Å². The highest BCUT2D eigenvalue weighted by molar-refractivity contribution is 6.09. The lowest BCUT2D eigenvalue weighted by molar-refractivity contribution is 0.102. The quantitative estimate of drug-likeness (QED) is 0.803. The van der Waals surface area contributed by atoms with E-state index in [2.05, 4.69) is 10.3 Å². The van der Waals surface area contributed by atoms with Crippen molar-refractivity contribution in [3.05, 3.63) is 66.1 Å². The lowest BCUT2D eigenvalue weighted by atomic mass is 10.1. The number of ether oxygens (including phenoxy) is 1. The molecule has 0 aliphatic heterocycles. The van der Waals surface area contributed by atoms with E-state index in [1.165, 1.54) is 19.2 Å². The van der Waals surface area contributed by atoms with Crippen LogP contribution in [-0.4, -0.2) is 18.0 Å². The zero-order chi connectivity index (χ0) is 15.5. The Labute approximate surface area is 126 Å². The first-order valence-corrected chi connectivity index (χ1v) is 6.67. The summed E-state index contributed by atoms with van der Waals surface area (Å²) in [5, 5.41) is 3.66. The number of pyridine rings is 1. The summed E-state index contributed by atoms with van der Waals surface area (Å²) in [4.78, 5) is 16.7. The van der Waals surface area contributed by atoms with Crippen molar-refractivity contribution in [3.8, 4) is 5.75 Å². The lowest BCUT2D eigenvalue weighted by Gasteiger charge is -2.10. The zero-order valence-electron chi connectivity index (χ0n) is 11.8. The van der Waals surface area contributed by atoms with Crippen LogP contribution in [0.25, 0.3) is 10.9 Å². The molecule has 0 radical (unpaired) electrons. The van der Waals surface area contributed by atoms with Gasteiger partial charge in [0.25, 0.3) is 5.91 Å². The second-order valence-corrected chi connectivity index (χ2v) is 4.68. The van der Waals surface area contributed by atoms with E-state index in [0.717, 1.165) is 11.5 Å². The Morgan fingerprint density at radius 3 is 2.82 bits per heavy atom. The number of nitrogens with zero attached hydrogens (tertiary/aromatic N) is 1. The number of hydrogen-bond acceptors (Lipinski definition) is 3. The molecule has 0 spiro atoms. The average Bonchev–Trinajstić information content (AvgIpc) is 2.55. The first kappa shape index (κ1) is 14.0. The van der Waals surface area contributed by atoms with E-state index in [9.17, 15) is 9.18 Å². The molecule has 5 heteroatoms. The van der Waals surface area contributed by atoms with E-state index in [1.807, 2.05) is 24.3 Å². The molecule has 4 nitrogen and oxygen atoms in total. The second kappa shape index (κ2) is 5.81. The minimum atomic E-state index is -0.498. The van der Waals surface area contributed by atoms with Gasteiger partial charge in [-0.25, -0.2) is 4.39 Å². The van der Waals surface area contributed by atoms with Gasteiger partial charge >= 0.3 is 0 Å². The van der Waals surface area contributed by atoms with Crippen LogP contribution in [0, 0.1) is 5.82 Å². The van der Waals surface area contributed by atoms with E-state index in [1.54, 1.807) is 12.3 Å². The van der Waals surface area contributed by atoms with Crippen LogP contribution in [0.3, 0.4) is 0 Å². The highest BCUT2D eigenvalue weighted by atomic mass is 19.1. The molecular weight excluding hydrogens is 283 g/mol. The lowest BCUT2D eigenvalue weighted by Crippen LogP contribution is -2.14. The number of methoxy groups -OCH3 is 1. The third-order valence-electron chi connectivity index (χ3n) is 3.29. The topological polar surface area (TPSA) is 51.2 Å². The maximum atomic E-state index is 13.4. The molecule has 1 amide bonds. The van der Waals surface area contributed by atoms with Gasteiger partial charge in [0.1, 0.15) is 11.6 Å². The van der Waals surface area contributed by atoms with Gasteiger partial charge in [-0.2, -0.15) is 0 Å². The number of anilines is 1. The predicted octanol–water partition coefficient (Wildman–Crippen LogP) is 3.63. The third kappa shape index (κ3) is 2.61. The molecule has 2 aromatic carbocycles. The molecule has 0 saturated carbocycles. The Bertz CT molecular complexity index is 844. The summed E-state index contributed by atoms with van der Waals surface area (Å²) in [6.45, 7) is 0. The minimum Gasteiger partial charge on any atom is -0.496 e. The van der Waals surface area contributed by atoms with Crippen molar-refractivity contribution >= 4 is 22.5 Å². The van der Waals surface area contributed by atoms with Crippen molar-refractivity contribution < 1.29 is 13.9 Å². The van der Waals surface area contributed by atoms with Gasteiger partial charge in [0.15, 0.2) is 0 Å². The Hall–Kier alpha value is -2.95. The van der Waals surface area contributed by atoms with Crippen LogP contribution in [0.1, 0.15) is 10.4 Å². The molecule has 3 aromatic rings. The first-order chi connectivity index (χ1) is 10.7. The Kier molecular flexibility index (Phi) is 3.70. The predicted molar refractivity (Wildman–Crippen MR) is 82.6 cm³/mol. The van der Waals surface area contributed by atoms with Crippen molar-refractivity contribution in [1.29, 1.82) is 0 Å². The fourth-order valence-electron chi connectivity index (χ4n) is 2.25. The SMILES string of the molecule is COc1ccc(F)cc1C(=O)Nc1cccc2cccnc12. The first-order valence-electron chi connectivity index (χ1n) is 6.67. The number of hydrogen-bond donors (Lipinski definition) is 1. The molecule has 0 atom stereocenters. The van der Waals surface area contributed by atoms with Crippen molar-refractivity contribution in [3.63, 3.8) is 0 Å². The fourth-order valence-corrected chi connectivity index (χ4v) is 2.25. The number of rotatable bonds is 3. The summed E-state index contributed by atoms with van der Waals surface area (Å²) in [6, 6.07) is 13.0. The van der Waals surface area contributed by atoms with Crippen molar-refractivity contribution in [1.82, 2.24) is 4.98 Å². The Morgan fingerprint density at radius 2 is 2.00 bits per heavy atom. The maximum Gasteiger partial charge on any atom is 0.259 e. The number of fused-ring (bicyclic) bond motifs is 1. The van der Waals surface area contributed by atoms with Crippen LogP contribution in [0.2, 0.25) is 0 Å². The van der Waals surface area contributed by atoms with Crippen LogP contribution < -0.4 is 10.1 Å². The van der Waals surface area contributed by atoms with Crippen LogP contribution >= 0.6 is 0 Å². The summed E-state index contributed by atoms with van der Waals surface area (Å²) in [7, 11) is 1.43. The standard InChI is InChI=1S/C17H13FN2O2/c1-22-15-8-7-12(18)10-13(15)17(21)20-14-6-2-4-11-5-3-9-19-16(11)14/h2-10H,1H3,(H,20,21). The number of amides is 1. The number of aromatic nitrogens is 1. The van der Waals surface area contributed by atoms with E-state index < -0.39 is 11.7 Å². The summed E-state index contributed by atoms with van der Waals surface area (Å²) in [5.74, 6) is -0.636. The largest absolute Gasteiger partial charge is 0.496 e. The fraction of sp³-hybridized carbons (Fsp3) is 0.0588. The van der Waals surface area contributed by atoms with Crippen molar-refractivity contribution in [2.75, 3.05) is 12.4 Å². The Morgan fingerprint density at radius 1 is 1.18 bits per heavy atom. The monoisotopic (exact) mass is 296 g/mol. The molecule has 3 rings (SSSR count). The average molecular weight is 296 g/mol. The normalized spacial score (nSPS) is 10.5. The molecule has 22 heavy (non-hydrogen) atoms. The number of nitrogens with one attached hydrogen (secondary N) is 1. The highest BCUT2D eigenvalue weighted by Crippen LogP contribution is 2.24. The van der Waals surface area contributed by atoms with Gasteiger partial charge in [0.05, 0.1) is 23.9 Å². The van der Waals surface area contributed by atoms with Crippen LogP contribution in [0.5, 0.6) is 5.75 Å². The van der Waals surface area contributed by atoms with E-state index in [0.29, 0.717) is 17.0 Å².